The zero-order valence-electron chi connectivity index (χ0n) is 10.9. The third kappa shape index (κ3) is 2.19. The normalized spacial score (nSPS) is 10.9. The maximum Gasteiger partial charge on any atom is 0.251 e. The molecule has 0 aliphatic carbocycles. The molecular formula is C14H14N4OS. The fraction of sp³-hybridized carbons (Fsp3) is 0.143. The second kappa shape index (κ2) is 5.07. The summed E-state index contributed by atoms with van der Waals surface area (Å²) >= 11 is 1.62. The van der Waals surface area contributed by atoms with Crippen LogP contribution in [0.5, 0.6) is 0 Å². The molecule has 0 saturated heterocycles. The third-order valence-corrected chi connectivity index (χ3v) is 4.18. The van der Waals surface area contributed by atoms with Gasteiger partial charge in [-0.15, -0.1) is 11.3 Å². The van der Waals surface area contributed by atoms with Gasteiger partial charge >= 0.3 is 0 Å². The Balaban J connectivity index is 2.04. The quantitative estimate of drug-likeness (QED) is 0.689. The minimum Gasteiger partial charge on any atom is -0.355 e. The molecule has 0 atom stereocenters. The molecule has 2 heterocycles. The number of thiophene rings is 1. The molecule has 6 heteroatoms. The first kappa shape index (κ1) is 12.8. The van der Waals surface area contributed by atoms with Crippen molar-refractivity contribution < 1.29 is 4.79 Å². The average molecular weight is 286 g/mol. The number of fused-ring (bicyclic) bond motifs is 1. The number of aromatic nitrogens is 2. The Bertz CT molecular complexity index is 774. The molecule has 20 heavy (non-hydrogen) atoms. The lowest BCUT2D eigenvalue weighted by Crippen LogP contribution is -2.17. The van der Waals surface area contributed by atoms with Gasteiger partial charge in [0.2, 0.25) is 0 Å². The van der Waals surface area contributed by atoms with E-state index in [1.54, 1.807) is 24.5 Å². The third-order valence-electron chi connectivity index (χ3n) is 3.07. The van der Waals surface area contributed by atoms with E-state index in [0.717, 1.165) is 26.6 Å². The zero-order valence-corrected chi connectivity index (χ0v) is 11.8. The Morgan fingerprint density at radius 1 is 1.40 bits per heavy atom. The molecule has 4 N–H and O–H groups in total. The Morgan fingerprint density at radius 3 is 2.95 bits per heavy atom. The van der Waals surface area contributed by atoms with Gasteiger partial charge in [-0.05, 0) is 30.3 Å². The highest BCUT2D eigenvalue weighted by Gasteiger charge is 2.10. The van der Waals surface area contributed by atoms with E-state index in [-0.39, 0.29) is 5.91 Å². The molecule has 3 aromatic rings. The van der Waals surface area contributed by atoms with Crippen molar-refractivity contribution in [3.8, 4) is 10.7 Å². The van der Waals surface area contributed by atoms with Crippen LogP contribution in [0.15, 0.2) is 30.3 Å². The van der Waals surface area contributed by atoms with E-state index in [1.807, 2.05) is 24.3 Å². The van der Waals surface area contributed by atoms with Gasteiger partial charge < -0.3 is 16.0 Å². The van der Waals surface area contributed by atoms with Gasteiger partial charge in [-0.2, -0.15) is 0 Å². The van der Waals surface area contributed by atoms with Crippen LogP contribution in [0, 0.1) is 0 Å². The molecule has 1 aromatic carbocycles. The molecule has 1 amide bonds. The molecule has 2 aromatic heterocycles. The first-order valence-electron chi connectivity index (χ1n) is 6.22. The largest absolute Gasteiger partial charge is 0.355 e. The maximum atomic E-state index is 11.6. The van der Waals surface area contributed by atoms with Crippen LogP contribution < -0.4 is 11.1 Å². The smallest absolute Gasteiger partial charge is 0.251 e. The molecule has 0 aliphatic heterocycles. The summed E-state index contributed by atoms with van der Waals surface area (Å²) in [6.07, 6.45) is 0. The van der Waals surface area contributed by atoms with Crippen molar-refractivity contribution in [3.63, 3.8) is 0 Å². The van der Waals surface area contributed by atoms with E-state index in [0.29, 0.717) is 12.1 Å². The summed E-state index contributed by atoms with van der Waals surface area (Å²) in [6, 6.07) is 9.43. The van der Waals surface area contributed by atoms with Crippen LogP contribution >= 0.6 is 11.3 Å². The number of hydrogen-bond acceptors (Lipinski definition) is 4. The second-order valence-corrected chi connectivity index (χ2v) is 5.53. The van der Waals surface area contributed by atoms with E-state index < -0.39 is 0 Å². The van der Waals surface area contributed by atoms with E-state index in [9.17, 15) is 4.79 Å². The van der Waals surface area contributed by atoms with Gasteiger partial charge in [-0.25, -0.2) is 4.98 Å². The number of benzene rings is 1. The predicted octanol–water partition coefficient (Wildman–Crippen LogP) is 2.11. The summed E-state index contributed by atoms with van der Waals surface area (Å²) in [6.45, 7) is 0.533. The number of carbonyl (C=O) groups is 1. The van der Waals surface area contributed by atoms with E-state index in [2.05, 4.69) is 15.3 Å². The summed E-state index contributed by atoms with van der Waals surface area (Å²) in [5, 5.41) is 2.61. The first-order valence-corrected chi connectivity index (χ1v) is 7.04. The maximum absolute atomic E-state index is 11.6. The molecule has 0 spiro atoms. The molecule has 0 bridgehead atoms. The summed E-state index contributed by atoms with van der Waals surface area (Å²) in [5.74, 6) is 0.698. The van der Waals surface area contributed by atoms with Crippen LogP contribution in [-0.2, 0) is 6.54 Å². The highest BCUT2D eigenvalue weighted by Crippen LogP contribution is 2.27. The van der Waals surface area contributed by atoms with Gasteiger partial charge in [-0.3, -0.25) is 4.79 Å². The molecule has 0 aliphatic rings. The van der Waals surface area contributed by atoms with Crippen molar-refractivity contribution in [2.75, 3.05) is 7.05 Å². The molecule has 102 valence electrons. The van der Waals surface area contributed by atoms with Crippen LogP contribution in [0.2, 0.25) is 0 Å². The number of nitrogens with one attached hydrogen (secondary N) is 2. The van der Waals surface area contributed by atoms with Crippen LogP contribution in [0.4, 0.5) is 0 Å². The molecule has 5 nitrogen and oxygen atoms in total. The number of carbonyl (C=O) groups excluding carboxylic acids is 1. The van der Waals surface area contributed by atoms with E-state index in [4.69, 9.17) is 5.73 Å². The number of rotatable bonds is 3. The number of hydrogen-bond donors (Lipinski definition) is 3. The average Bonchev–Trinajstić information content (AvgIpc) is 3.11. The van der Waals surface area contributed by atoms with Gasteiger partial charge in [0.1, 0.15) is 5.82 Å². The highest BCUT2D eigenvalue weighted by molar-refractivity contribution is 7.15. The van der Waals surface area contributed by atoms with Gasteiger partial charge in [0.05, 0.1) is 15.9 Å². The van der Waals surface area contributed by atoms with Crippen LogP contribution in [0.3, 0.4) is 0 Å². The van der Waals surface area contributed by atoms with Gasteiger partial charge in [0, 0.05) is 24.0 Å². The molecular weight excluding hydrogens is 272 g/mol. The lowest BCUT2D eigenvalue weighted by molar-refractivity contribution is 0.0963. The molecule has 0 fully saturated rings. The van der Waals surface area contributed by atoms with Gasteiger partial charge in [0.25, 0.3) is 5.91 Å². The van der Waals surface area contributed by atoms with Crippen LogP contribution in [0.25, 0.3) is 21.7 Å². The van der Waals surface area contributed by atoms with E-state index >= 15 is 0 Å². The zero-order chi connectivity index (χ0) is 14.1. The van der Waals surface area contributed by atoms with Crippen molar-refractivity contribution in [1.82, 2.24) is 15.3 Å². The van der Waals surface area contributed by atoms with Crippen LogP contribution in [-0.4, -0.2) is 22.9 Å². The van der Waals surface area contributed by atoms with Crippen molar-refractivity contribution in [2.24, 2.45) is 5.73 Å². The Morgan fingerprint density at radius 2 is 2.25 bits per heavy atom. The molecule has 3 rings (SSSR count). The number of nitrogens with zero attached hydrogens (tertiary/aromatic N) is 1. The molecule has 0 unspecified atom stereocenters. The molecule has 0 saturated carbocycles. The Kier molecular flexibility index (Phi) is 3.25. The van der Waals surface area contributed by atoms with Crippen molar-refractivity contribution in [2.45, 2.75) is 6.54 Å². The summed E-state index contributed by atoms with van der Waals surface area (Å²) in [5.41, 5.74) is 7.93. The lowest BCUT2D eigenvalue weighted by Gasteiger charge is -1.98. The summed E-state index contributed by atoms with van der Waals surface area (Å²) in [7, 11) is 1.62. The second-order valence-electron chi connectivity index (χ2n) is 4.37. The van der Waals surface area contributed by atoms with Crippen molar-refractivity contribution in [3.05, 3.63) is 40.8 Å². The first-order chi connectivity index (χ1) is 9.71. The highest BCUT2D eigenvalue weighted by atomic mass is 32.1. The van der Waals surface area contributed by atoms with Gasteiger partial charge in [-0.1, -0.05) is 0 Å². The number of nitrogens with two attached hydrogens (primary N) is 1. The Hall–Kier alpha value is -2.18. The standard InChI is InChI=1S/C14H14N4OS/c1-16-14(19)8-2-4-10-11(6-8)18-13(17-10)12-5-3-9(7-15)20-12/h2-6H,7,15H2,1H3,(H,16,19)(H,17,18). The Labute approximate surface area is 119 Å². The summed E-state index contributed by atoms with van der Waals surface area (Å²) in [4.78, 5) is 21.6. The molecule has 0 radical (unpaired) electrons. The van der Waals surface area contributed by atoms with Crippen molar-refractivity contribution in [1.29, 1.82) is 0 Å². The minimum absolute atomic E-state index is 0.107. The minimum atomic E-state index is -0.107. The van der Waals surface area contributed by atoms with E-state index in [1.165, 1.54) is 0 Å². The monoisotopic (exact) mass is 286 g/mol. The van der Waals surface area contributed by atoms with Crippen LogP contribution in [0.1, 0.15) is 15.2 Å². The number of imidazole rings is 1. The lowest BCUT2D eigenvalue weighted by atomic mass is 10.2. The number of H-pyrrole nitrogens is 1. The topological polar surface area (TPSA) is 83.8 Å². The fourth-order valence-corrected chi connectivity index (χ4v) is 2.86. The summed E-state index contributed by atoms with van der Waals surface area (Å²) < 4.78 is 0. The predicted molar refractivity (Wildman–Crippen MR) is 80.7 cm³/mol. The SMILES string of the molecule is CNC(=O)c1ccc2nc(-c3ccc(CN)s3)[nH]c2c1. The number of amides is 1. The fourth-order valence-electron chi connectivity index (χ4n) is 2.03. The number of aromatic amines is 1. The van der Waals surface area contributed by atoms with Gasteiger partial charge in [0.15, 0.2) is 0 Å². The van der Waals surface area contributed by atoms with Crippen molar-refractivity contribution >= 4 is 28.3 Å².